The van der Waals surface area contributed by atoms with Gasteiger partial charge in [-0.1, -0.05) is 0 Å². The van der Waals surface area contributed by atoms with Crippen molar-refractivity contribution < 1.29 is 14.3 Å². The van der Waals surface area contributed by atoms with Crippen molar-refractivity contribution in [3.05, 3.63) is 45.4 Å². The van der Waals surface area contributed by atoms with E-state index in [9.17, 15) is 9.59 Å². The Kier molecular flexibility index (Phi) is 5.94. The number of ether oxygens (including phenoxy) is 2. The summed E-state index contributed by atoms with van der Waals surface area (Å²) in [5, 5.41) is 2.93. The predicted molar refractivity (Wildman–Crippen MR) is 117 cm³/mol. The molecule has 0 radical (unpaired) electrons. The molecule has 0 saturated carbocycles. The minimum atomic E-state index is -0.627. The first-order valence-electron chi connectivity index (χ1n) is 10.1. The first-order chi connectivity index (χ1) is 14.1. The Labute approximate surface area is 177 Å². The number of aromatic nitrogens is 1. The molecule has 1 saturated heterocycles. The van der Waals surface area contributed by atoms with Crippen LogP contribution in [0.2, 0.25) is 0 Å². The van der Waals surface area contributed by atoms with Gasteiger partial charge in [0.05, 0.1) is 25.3 Å². The largest absolute Gasteiger partial charge is 0.496 e. The van der Waals surface area contributed by atoms with E-state index in [1.165, 1.54) is 0 Å². The van der Waals surface area contributed by atoms with Crippen molar-refractivity contribution in [1.29, 1.82) is 0 Å². The number of rotatable bonds is 5. The third-order valence-electron chi connectivity index (χ3n) is 6.21. The van der Waals surface area contributed by atoms with E-state index >= 15 is 0 Å². The van der Waals surface area contributed by atoms with Gasteiger partial charge in [0.25, 0.3) is 5.56 Å². The molecule has 162 valence electrons. The van der Waals surface area contributed by atoms with Crippen LogP contribution in [-0.4, -0.2) is 48.2 Å². The van der Waals surface area contributed by atoms with Crippen LogP contribution in [0, 0.1) is 13.8 Å². The average Bonchev–Trinajstić information content (AvgIpc) is 2.72. The smallest absolute Gasteiger partial charge is 0.253 e. The Bertz CT molecular complexity index is 1010. The predicted octanol–water partition coefficient (Wildman–Crippen LogP) is 2.40. The summed E-state index contributed by atoms with van der Waals surface area (Å²) in [5.41, 5.74) is 3.79. The van der Waals surface area contributed by atoms with Crippen molar-refractivity contribution in [3.8, 4) is 22.6 Å². The van der Waals surface area contributed by atoms with E-state index in [-0.39, 0.29) is 11.5 Å². The van der Waals surface area contributed by atoms with Gasteiger partial charge in [0.15, 0.2) is 0 Å². The molecule has 0 spiro atoms. The minimum absolute atomic E-state index is 0.00240. The highest BCUT2D eigenvalue weighted by atomic mass is 16.5. The van der Waals surface area contributed by atoms with Crippen LogP contribution >= 0.6 is 0 Å². The van der Waals surface area contributed by atoms with E-state index in [1.54, 1.807) is 25.8 Å². The van der Waals surface area contributed by atoms with Crippen molar-refractivity contribution in [2.24, 2.45) is 7.05 Å². The van der Waals surface area contributed by atoms with E-state index in [0.29, 0.717) is 24.6 Å². The lowest BCUT2D eigenvalue weighted by atomic mass is 9.95. The van der Waals surface area contributed by atoms with Crippen LogP contribution in [0.3, 0.4) is 0 Å². The van der Waals surface area contributed by atoms with Crippen molar-refractivity contribution >= 4 is 5.91 Å². The molecular weight excluding hydrogens is 382 g/mol. The monoisotopic (exact) mass is 413 g/mol. The summed E-state index contributed by atoms with van der Waals surface area (Å²) in [6.45, 7) is 9.52. The molecule has 1 aromatic carbocycles. The molecule has 30 heavy (non-hydrogen) atoms. The van der Waals surface area contributed by atoms with Gasteiger partial charge in [0.2, 0.25) is 5.91 Å². The zero-order chi connectivity index (χ0) is 22.2. The number of methoxy groups -OCH3 is 2. The molecule has 1 N–H and O–H groups in total. The normalized spacial score (nSPS) is 16.3. The lowest BCUT2D eigenvalue weighted by molar-refractivity contribution is -0.135. The summed E-state index contributed by atoms with van der Waals surface area (Å²) in [6, 6.07) is 3.95. The van der Waals surface area contributed by atoms with Gasteiger partial charge in [0, 0.05) is 44.0 Å². The van der Waals surface area contributed by atoms with E-state index in [2.05, 4.69) is 10.2 Å². The van der Waals surface area contributed by atoms with E-state index in [4.69, 9.17) is 9.47 Å². The molecule has 1 aliphatic heterocycles. The lowest BCUT2D eigenvalue weighted by Gasteiger charge is -2.41. The van der Waals surface area contributed by atoms with Gasteiger partial charge in [0.1, 0.15) is 11.5 Å². The van der Waals surface area contributed by atoms with Crippen LogP contribution in [0.4, 0.5) is 0 Å². The number of nitrogens with one attached hydrogen (secondary N) is 1. The molecule has 0 bridgehead atoms. The molecule has 1 amide bonds. The maximum absolute atomic E-state index is 12.4. The molecule has 0 atom stereocenters. The Morgan fingerprint density at radius 3 is 2.23 bits per heavy atom. The SMILES string of the molecule is COc1cc(-c2cn(C)c(=O)c(C)c2C)cc(OC)c1CN1CCNC(=O)C1(C)C. The number of amides is 1. The van der Waals surface area contributed by atoms with E-state index in [0.717, 1.165) is 34.4 Å². The molecule has 0 unspecified atom stereocenters. The number of carbonyl (C=O) groups excluding carboxylic acids is 1. The highest BCUT2D eigenvalue weighted by Gasteiger charge is 2.38. The number of carbonyl (C=O) groups is 1. The quantitative estimate of drug-likeness (QED) is 0.815. The van der Waals surface area contributed by atoms with Crippen LogP contribution in [0.15, 0.2) is 23.1 Å². The van der Waals surface area contributed by atoms with E-state index < -0.39 is 5.54 Å². The summed E-state index contributed by atoms with van der Waals surface area (Å²) in [5.74, 6) is 1.40. The van der Waals surface area contributed by atoms with E-state index in [1.807, 2.05) is 46.0 Å². The fourth-order valence-electron chi connectivity index (χ4n) is 3.97. The summed E-state index contributed by atoms with van der Waals surface area (Å²) in [7, 11) is 5.02. The Balaban J connectivity index is 2.10. The molecule has 3 rings (SSSR count). The number of pyridine rings is 1. The second kappa shape index (κ2) is 8.14. The summed E-state index contributed by atoms with van der Waals surface area (Å²) >= 11 is 0. The van der Waals surface area contributed by atoms with Crippen LogP contribution < -0.4 is 20.3 Å². The standard InChI is InChI=1S/C23H31N3O4/c1-14-15(2)21(27)25(5)12-17(14)16-10-19(29-6)18(20(11-16)30-7)13-26-9-8-24-22(28)23(26,3)4/h10-12H,8-9,13H2,1-7H3,(H,24,28). The van der Waals surface area contributed by atoms with Crippen molar-refractivity contribution in [1.82, 2.24) is 14.8 Å². The second-order valence-electron chi connectivity index (χ2n) is 8.30. The van der Waals surface area contributed by atoms with Crippen LogP contribution in [0.25, 0.3) is 11.1 Å². The number of hydrogen-bond acceptors (Lipinski definition) is 5. The number of nitrogens with zero attached hydrogens (tertiary/aromatic N) is 2. The first kappa shape index (κ1) is 21.9. The van der Waals surface area contributed by atoms with Crippen LogP contribution in [0.1, 0.15) is 30.5 Å². The Morgan fingerprint density at radius 1 is 1.07 bits per heavy atom. The van der Waals surface area contributed by atoms with Crippen molar-refractivity contribution in [2.45, 2.75) is 39.8 Å². The Hall–Kier alpha value is -2.80. The van der Waals surface area contributed by atoms with Crippen molar-refractivity contribution in [3.63, 3.8) is 0 Å². The lowest BCUT2D eigenvalue weighted by Crippen LogP contribution is -2.61. The highest BCUT2D eigenvalue weighted by molar-refractivity contribution is 5.86. The maximum atomic E-state index is 12.4. The molecular formula is C23H31N3O4. The molecule has 7 nitrogen and oxygen atoms in total. The second-order valence-corrected chi connectivity index (χ2v) is 8.30. The minimum Gasteiger partial charge on any atom is -0.496 e. The maximum Gasteiger partial charge on any atom is 0.253 e. The van der Waals surface area contributed by atoms with Gasteiger partial charge >= 0.3 is 0 Å². The van der Waals surface area contributed by atoms with Crippen LogP contribution in [0.5, 0.6) is 11.5 Å². The third-order valence-corrected chi connectivity index (χ3v) is 6.21. The molecule has 1 fully saturated rings. The zero-order valence-electron chi connectivity index (χ0n) is 18.9. The fourth-order valence-corrected chi connectivity index (χ4v) is 3.97. The highest BCUT2D eigenvalue weighted by Crippen LogP contribution is 2.38. The topological polar surface area (TPSA) is 72.8 Å². The average molecular weight is 414 g/mol. The third kappa shape index (κ3) is 3.69. The summed E-state index contributed by atoms with van der Waals surface area (Å²) in [4.78, 5) is 26.7. The van der Waals surface area contributed by atoms with Gasteiger partial charge in [-0.2, -0.15) is 0 Å². The molecule has 7 heteroatoms. The van der Waals surface area contributed by atoms with Gasteiger partial charge in [-0.15, -0.1) is 0 Å². The molecule has 2 heterocycles. The van der Waals surface area contributed by atoms with Gasteiger partial charge in [-0.3, -0.25) is 14.5 Å². The zero-order valence-corrected chi connectivity index (χ0v) is 18.9. The van der Waals surface area contributed by atoms with Crippen molar-refractivity contribution in [2.75, 3.05) is 27.3 Å². The van der Waals surface area contributed by atoms with Crippen LogP contribution in [-0.2, 0) is 18.4 Å². The first-order valence-corrected chi connectivity index (χ1v) is 10.1. The molecule has 2 aromatic rings. The molecule has 1 aliphatic rings. The Morgan fingerprint density at radius 2 is 1.67 bits per heavy atom. The number of aryl methyl sites for hydroxylation is 1. The van der Waals surface area contributed by atoms with Gasteiger partial charge in [-0.25, -0.2) is 0 Å². The summed E-state index contributed by atoms with van der Waals surface area (Å²) in [6.07, 6.45) is 1.84. The summed E-state index contributed by atoms with van der Waals surface area (Å²) < 4.78 is 13.1. The van der Waals surface area contributed by atoms with Gasteiger partial charge in [-0.05, 0) is 51.0 Å². The molecule has 1 aromatic heterocycles. The molecule has 0 aliphatic carbocycles. The van der Waals surface area contributed by atoms with Gasteiger partial charge < -0.3 is 19.4 Å². The number of piperazine rings is 1. The fraction of sp³-hybridized carbons (Fsp3) is 0.478. The number of hydrogen-bond donors (Lipinski definition) is 1. The number of benzene rings is 1.